The lowest BCUT2D eigenvalue weighted by Gasteiger charge is -2.11. The minimum absolute atomic E-state index is 0.242. The lowest BCUT2D eigenvalue weighted by Crippen LogP contribution is -2.13. The molecule has 1 aromatic heterocycles. The third-order valence-electron chi connectivity index (χ3n) is 2.07. The fraction of sp³-hybridized carbons (Fsp3) is 0.500. The number of aromatic nitrogens is 1. The standard InChI is InChI=1S/C12H18N2O2/c1-4-5-10-6-9(12(15)16)7-11(14-10)13-8(2)3/h6-8H,4-5H2,1-3H3,(H,13,14)(H,15,16). The molecule has 1 heterocycles. The molecule has 0 unspecified atom stereocenters. The number of carboxylic acids is 1. The third kappa shape index (κ3) is 3.53. The second-order valence-corrected chi connectivity index (χ2v) is 4.09. The van der Waals surface area contributed by atoms with Crippen LogP contribution in [-0.4, -0.2) is 22.1 Å². The first kappa shape index (κ1) is 12.5. The van der Waals surface area contributed by atoms with Gasteiger partial charge in [0.15, 0.2) is 0 Å². The van der Waals surface area contributed by atoms with Crippen molar-refractivity contribution in [3.63, 3.8) is 0 Å². The zero-order valence-electron chi connectivity index (χ0n) is 9.95. The van der Waals surface area contributed by atoms with Gasteiger partial charge in [0, 0.05) is 11.7 Å². The second kappa shape index (κ2) is 5.49. The number of rotatable bonds is 5. The first-order chi connectivity index (χ1) is 7.52. The molecule has 2 N–H and O–H groups in total. The minimum Gasteiger partial charge on any atom is -0.478 e. The monoisotopic (exact) mass is 222 g/mol. The quantitative estimate of drug-likeness (QED) is 0.803. The van der Waals surface area contributed by atoms with Crippen LogP contribution in [0.2, 0.25) is 0 Å². The molecule has 0 aliphatic rings. The van der Waals surface area contributed by atoms with Crippen molar-refractivity contribution in [3.8, 4) is 0 Å². The molecule has 0 amide bonds. The van der Waals surface area contributed by atoms with Gasteiger partial charge in [-0.25, -0.2) is 9.78 Å². The molecule has 0 fully saturated rings. The molecule has 0 aromatic carbocycles. The smallest absolute Gasteiger partial charge is 0.335 e. The van der Waals surface area contributed by atoms with Crippen molar-refractivity contribution in [3.05, 3.63) is 23.4 Å². The highest BCUT2D eigenvalue weighted by atomic mass is 16.4. The third-order valence-corrected chi connectivity index (χ3v) is 2.07. The molecule has 1 rings (SSSR count). The average molecular weight is 222 g/mol. The summed E-state index contributed by atoms with van der Waals surface area (Å²) < 4.78 is 0. The number of anilines is 1. The van der Waals surface area contributed by atoms with E-state index in [1.54, 1.807) is 12.1 Å². The Bertz CT molecular complexity index is 375. The van der Waals surface area contributed by atoms with Crippen LogP contribution in [0, 0.1) is 0 Å². The normalized spacial score (nSPS) is 10.5. The Labute approximate surface area is 95.7 Å². The molecule has 0 bridgehead atoms. The number of pyridine rings is 1. The largest absolute Gasteiger partial charge is 0.478 e. The number of aryl methyl sites for hydroxylation is 1. The summed E-state index contributed by atoms with van der Waals surface area (Å²) in [6, 6.07) is 3.45. The highest BCUT2D eigenvalue weighted by Gasteiger charge is 2.08. The average Bonchev–Trinajstić information content (AvgIpc) is 2.16. The van der Waals surface area contributed by atoms with Gasteiger partial charge in [0.05, 0.1) is 5.56 Å². The number of nitrogens with zero attached hydrogens (tertiary/aromatic N) is 1. The molecule has 0 aliphatic carbocycles. The summed E-state index contributed by atoms with van der Waals surface area (Å²) in [7, 11) is 0. The lowest BCUT2D eigenvalue weighted by atomic mass is 10.1. The number of aromatic carboxylic acids is 1. The van der Waals surface area contributed by atoms with Gasteiger partial charge in [0.2, 0.25) is 0 Å². The highest BCUT2D eigenvalue weighted by molar-refractivity contribution is 5.88. The van der Waals surface area contributed by atoms with E-state index in [-0.39, 0.29) is 6.04 Å². The van der Waals surface area contributed by atoms with Gasteiger partial charge < -0.3 is 10.4 Å². The van der Waals surface area contributed by atoms with Gasteiger partial charge in [0.25, 0.3) is 0 Å². The molecule has 0 aliphatic heterocycles. The van der Waals surface area contributed by atoms with Crippen molar-refractivity contribution in [2.75, 3.05) is 5.32 Å². The van der Waals surface area contributed by atoms with Crippen LogP contribution in [0.5, 0.6) is 0 Å². The molecule has 88 valence electrons. The van der Waals surface area contributed by atoms with Crippen molar-refractivity contribution in [2.24, 2.45) is 0 Å². The van der Waals surface area contributed by atoms with Gasteiger partial charge in [0.1, 0.15) is 5.82 Å². The maximum Gasteiger partial charge on any atom is 0.335 e. The predicted molar refractivity (Wildman–Crippen MR) is 64.0 cm³/mol. The highest BCUT2D eigenvalue weighted by Crippen LogP contribution is 2.13. The summed E-state index contributed by atoms with van der Waals surface area (Å²) in [5.41, 5.74) is 1.12. The first-order valence-corrected chi connectivity index (χ1v) is 5.53. The Hall–Kier alpha value is -1.58. The van der Waals surface area contributed by atoms with Gasteiger partial charge in [-0.05, 0) is 32.4 Å². The summed E-state index contributed by atoms with van der Waals surface area (Å²) in [6.45, 7) is 6.04. The van der Waals surface area contributed by atoms with Gasteiger partial charge in [-0.3, -0.25) is 0 Å². The van der Waals surface area contributed by atoms with E-state index in [1.165, 1.54) is 0 Å². The van der Waals surface area contributed by atoms with Crippen LogP contribution in [0.1, 0.15) is 43.2 Å². The molecule has 0 saturated heterocycles. The van der Waals surface area contributed by atoms with Crippen molar-refractivity contribution in [2.45, 2.75) is 39.7 Å². The molecular formula is C12H18N2O2. The number of carboxylic acid groups (broad SMARTS) is 1. The lowest BCUT2D eigenvalue weighted by molar-refractivity contribution is 0.0696. The van der Waals surface area contributed by atoms with Crippen molar-refractivity contribution < 1.29 is 9.90 Å². The van der Waals surface area contributed by atoms with Crippen molar-refractivity contribution >= 4 is 11.8 Å². The van der Waals surface area contributed by atoms with E-state index in [2.05, 4.69) is 10.3 Å². The van der Waals surface area contributed by atoms with Crippen molar-refractivity contribution in [1.82, 2.24) is 4.98 Å². The molecule has 16 heavy (non-hydrogen) atoms. The zero-order chi connectivity index (χ0) is 12.1. The van der Waals surface area contributed by atoms with Crippen molar-refractivity contribution in [1.29, 1.82) is 0 Å². The van der Waals surface area contributed by atoms with Gasteiger partial charge >= 0.3 is 5.97 Å². The Morgan fingerprint density at radius 3 is 2.69 bits per heavy atom. The summed E-state index contributed by atoms with van der Waals surface area (Å²) >= 11 is 0. The Morgan fingerprint density at radius 2 is 2.19 bits per heavy atom. The Morgan fingerprint density at radius 1 is 1.50 bits per heavy atom. The van der Waals surface area contributed by atoms with Crippen LogP contribution in [0.4, 0.5) is 5.82 Å². The van der Waals surface area contributed by atoms with Crippen LogP contribution in [0.25, 0.3) is 0 Å². The molecule has 0 spiro atoms. The number of carbonyl (C=O) groups is 1. The SMILES string of the molecule is CCCc1cc(C(=O)O)cc(NC(C)C)n1. The predicted octanol–water partition coefficient (Wildman–Crippen LogP) is 2.55. The fourth-order valence-corrected chi connectivity index (χ4v) is 1.47. The minimum atomic E-state index is -0.911. The maximum absolute atomic E-state index is 10.9. The van der Waals surface area contributed by atoms with E-state index in [1.807, 2.05) is 20.8 Å². The summed E-state index contributed by atoms with van der Waals surface area (Å²) in [5.74, 6) is -0.273. The molecule has 4 nitrogen and oxygen atoms in total. The number of nitrogens with one attached hydrogen (secondary N) is 1. The van der Waals surface area contributed by atoms with Crippen LogP contribution in [-0.2, 0) is 6.42 Å². The zero-order valence-corrected chi connectivity index (χ0v) is 9.95. The molecule has 0 radical (unpaired) electrons. The van der Waals surface area contributed by atoms with E-state index < -0.39 is 5.97 Å². The van der Waals surface area contributed by atoms with E-state index in [0.29, 0.717) is 11.4 Å². The number of hydrogen-bond acceptors (Lipinski definition) is 3. The van der Waals surface area contributed by atoms with E-state index in [9.17, 15) is 4.79 Å². The molecule has 1 aromatic rings. The summed E-state index contributed by atoms with van der Waals surface area (Å²) in [4.78, 5) is 15.3. The van der Waals surface area contributed by atoms with E-state index in [0.717, 1.165) is 18.5 Å². The molecule has 4 heteroatoms. The van der Waals surface area contributed by atoms with Gasteiger partial charge in [-0.15, -0.1) is 0 Å². The summed E-state index contributed by atoms with van der Waals surface area (Å²) in [6.07, 6.45) is 1.76. The van der Waals surface area contributed by atoms with Gasteiger partial charge in [-0.1, -0.05) is 13.3 Å². The number of hydrogen-bond donors (Lipinski definition) is 2. The second-order valence-electron chi connectivity index (χ2n) is 4.09. The van der Waals surface area contributed by atoms with Crippen LogP contribution in [0.15, 0.2) is 12.1 Å². The van der Waals surface area contributed by atoms with Crippen LogP contribution >= 0.6 is 0 Å². The van der Waals surface area contributed by atoms with Crippen LogP contribution < -0.4 is 5.32 Å². The molecule has 0 atom stereocenters. The fourth-order valence-electron chi connectivity index (χ4n) is 1.47. The van der Waals surface area contributed by atoms with E-state index in [4.69, 9.17) is 5.11 Å². The molecule has 0 saturated carbocycles. The van der Waals surface area contributed by atoms with Crippen LogP contribution in [0.3, 0.4) is 0 Å². The Kier molecular flexibility index (Phi) is 4.28. The maximum atomic E-state index is 10.9. The Balaban J connectivity index is 3.03. The van der Waals surface area contributed by atoms with Gasteiger partial charge in [-0.2, -0.15) is 0 Å². The van der Waals surface area contributed by atoms with E-state index >= 15 is 0 Å². The topological polar surface area (TPSA) is 62.2 Å². The first-order valence-electron chi connectivity index (χ1n) is 5.53. The summed E-state index contributed by atoms with van der Waals surface area (Å²) in [5, 5.41) is 12.1. The molecular weight excluding hydrogens is 204 g/mol.